The first kappa shape index (κ1) is 12.9. The highest BCUT2D eigenvalue weighted by atomic mass is 16.5. The van der Waals surface area contributed by atoms with Crippen LogP contribution in [-0.2, 0) is 9.53 Å². The molecule has 0 aromatic heterocycles. The standard InChI is InChI=1S/C3H4N2O.C3H7NO2/c1-3(6)5-2-4;1-2-6-3(4)5/h1H3,(H,5,6);2H2,1H3,(H2,4,5). The minimum Gasteiger partial charge on any atom is -0.450 e. The number of carbonyl (C=O) groups excluding carboxylic acids is 2. The van der Waals surface area contributed by atoms with Crippen LogP contribution in [0, 0.1) is 11.5 Å². The SMILES string of the molecule is CC(=O)NC#N.CCOC(N)=O. The predicted octanol–water partition coefficient (Wildman–Crippen LogP) is -0.295. The Kier molecular flexibility index (Phi) is 9.90. The molecule has 0 aromatic carbocycles. The molecule has 0 aliphatic heterocycles. The van der Waals surface area contributed by atoms with Crippen LogP contribution in [0.1, 0.15) is 13.8 Å². The van der Waals surface area contributed by atoms with Gasteiger partial charge in [-0.2, -0.15) is 5.26 Å². The summed E-state index contributed by atoms with van der Waals surface area (Å²) in [5.74, 6) is -0.322. The summed E-state index contributed by atoms with van der Waals surface area (Å²) < 4.78 is 4.18. The Labute approximate surface area is 70.3 Å². The number of rotatable bonds is 1. The highest BCUT2D eigenvalue weighted by molar-refractivity contribution is 5.74. The van der Waals surface area contributed by atoms with E-state index in [0.717, 1.165) is 0 Å². The molecular weight excluding hydrogens is 162 g/mol. The molecule has 68 valence electrons. The third kappa shape index (κ3) is 24.0. The molecule has 0 saturated heterocycles. The van der Waals surface area contributed by atoms with Crippen molar-refractivity contribution in [2.75, 3.05) is 6.61 Å². The molecule has 6 nitrogen and oxygen atoms in total. The van der Waals surface area contributed by atoms with E-state index in [1.807, 2.05) is 5.32 Å². The lowest BCUT2D eigenvalue weighted by Crippen LogP contribution is -2.11. The molecule has 3 N–H and O–H groups in total. The molecule has 0 heterocycles. The zero-order valence-electron chi connectivity index (χ0n) is 6.96. The number of nitrogens with one attached hydrogen (secondary N) is 1. The minimum atomic E-state index is -0.711. The van der Waals surface area contributed by atoms with Crippen molar-refractivity contribution in [2.45, 2.75) is 13.8 Å². The van der Waals surface area contributed by atoms with E-state index in [2.05, 4.69) is 10.5 Å². The zero-order valence-corrected chi connectivity index (χ0v) is 6.96. The van der Waals surface area contributed by atoms with Gasteiger partial charge in [-0.25, -0.2) is 4.79 Å². The van der Waals surface area contributed by atoms with E-state index in [4.69, 9.17) is 5.26 Å². The van der Waals surface area contributed by atoms with Gasteiger partial charge in [0.1, 0.15) is 0 Å². The Bertz CT molecular complexity index is 185. The van der Waals surface area contributed by atoms with Crippen LogP contribution in [-0.4, -0.2) is 18.6 Å². The smallest absolute Gasteiger partial charge is 0.404 e. The van der Waals surface area contributed by atoms with Gasteiger partial charge in [0.2, 0.25) is 5.91 Å². The van der Waals surface area contributed by atoms with Gasteiger partial charge in [0.15, 0.2) is 6.19 Å². The van der Waals surface area contributed by atoms with Gasteiger partial charge in [-0.05, 0) is 6.92 Å². The molecule has 0 spiro atoms. The van der Waals surface area contributed by atoms with Gasteiger partial charge < -0.3 is 10.5 Å². The normalized spacial score (nSPS) is 6.75. The zero-order chi connectivity index (χ0) is 9.98. The predicted molar refractivity (Wildman–Crippen MR) is 40.6 cm³/mol. The molecule has 0 fully saturated rings. The van der Waals surface area contributed by atoms with E-state index >= 15 is 0 Å². The molecule has 0 saturated carbocycles. The van der Waals surface area contributed by atoms with Crippen molar-refractivity contribution >= 4 is 12.0 Å². The lowest BCUT2D eigenvalue weighted by Gasteiger charge is -1.89. The summed E-state index contributed by atoms with van der Waals surface area (Å²) in [7, 11) is 0. The van der Waals surface area contributed by atoms with Crippen LogP contribution >= 0.6 is 0 Å². The lowest BCUT2D eigenvalue weighted by atomic mass is 10.7. The third-order valence-electron chi connectivity index (χ3n) is 0.519. The van der Waals surface area contributed by atoms with Crippen LogP contribution < -0.4 is 11.1 Å². The molecule has 0 atom stereocenters. The molecule has 0 unspecified atom stereocenters. The Morgan fingerprint density at radius 2 is 2.17 bits per heavy atom. The van der Waals surface area contributed by atoms with E-state index in [9.17, 15) is 9.59 Å². The van der Waals surface area contributed by atoms with Crippen molar-refractivity contribution in [3.05, 3.63) is 0 Å². The third-order valence-corrected chi connectivity index (χ3v) is 0.519. The van der Waals surface area contributed by atoms with Crippen LogP contribution in [0.4, 0.5) is 4.79 Å². The Hall–Kier alpha value is -1.77. The Morgan fingerprint density at radius 3 is 2.17 bits per heavy atom. The molecule has 6 heteroatoms. The van der Waals surface area contributed by atoms with Gasteiger partial charge in [0.05, 0.1) is 6.61 Å². The summed E-state index contributed by atoms with van der Waals surface area (Å²) in [6, 6.07) is 0. The van der Waals surface area contributed by atoms with Gasteiger partial charge in [-0.15, -0.1) is 0 Å². The quantitative estimate of drug-likeness (QED) is 0.419. The van der Waals surface area contributed by atoms with E-state index in [0.29, 0.717) is 6.61 Å². The number of nitriles is 1. The van der Waals surface area contributed by atoms with Gasteiger partial charge in [0.25, 0.3) is 0 Å². The molecule has 0 bridgehead atoms. The molecule has 2 amide bonds. The second-order valence-electron chi connectivity index (χ2n) is 1.55. The average Bonchev–Trinajstić information content (AvgIpc) is 1.87. The fourth-order valence-corrected chi connectivity index (χ4v) is 0.221. The number of hydrogen-bond acceptors (Lipinski definition) is 4. The van der Waals surface area contributed by atoms with E-state index in [-0.39, 0.29) is 5.91 Å². The lowest BCUT2D eigenvalue weighted by molar-refractivity contribution is -0.117. The van der Waals surface area contributed by atoms with E-state index in [1.54, 1.807) is 6.92 Å². The monoisotopic (exact) mass is 173 g/mol. The summed E-state index contributed by atoms with van der Waals surface area (Å²) >= 11 is 0. The van der Waals surface area contributed by atoms with Crippen molar-refractivity contribution in [1.29, 1.82) is 5.26 Å². The topological polar surface area (TPSA) is 105 Å². The van der Waals surface area contributed by atoms with Crippen LogP contribution in [0.25, 0.3) is 0 Å². The number of carbonyl (C=O) groups is 2. The molecule has 0 aliphatic carbocycles. The average molecular weight is 173 g/mol. The number of nitrogens with zero attached hydrogens (tertiary/aromatic N) is 1. The number of amides is 2. The molecule has 0 aromatic rings. The maximum absolute atomic E-state index is 9.71. The fraction of sp³-hybridized carbons (Fsp3) is 0.500. The number of hydrogen-bond donors (Lipinski definition) is 2. The largest absolute Gasteiger partial charge is 0.450 e. The first-order valence-electron chi connectivity index (χ1n) is 3.12. The maximum Gasteiger partial charge on any atom is 0.404 e. The van der Waals surface area contributed by atoms with Crippen LogP contribution in [0.5, 0.6) is 0 Å². The molecule has 0 aliphatic rings. The Morgan fingerprint density at radius 1 is 1.67 bits per heavy atom. The molecular formula is C6H11N3O3. The second kappa shape index (κ2) is 9.23. The van der Waals surface area contributed by atoms with Crippen LogP contribution in [0.15, 0.2) is 0 Å². The van der Waals surface area contributed by atoms with Crippen LogP contribution in [0.2, 0.25) is 0 Å². The van der Waals surface area contributed by atoms with Gasteiger partial charge in [-0.1, -0.05) is 0 Å². The maximum atomic E-state index is 9.71. The van der Waals surface area contributed by atoms with Crippen molar-refractivity contribution < 1.29 is 14.3 Å². The number of nitrogens with two attached hydrogens (primary N) is 1. The highest BCUT2D eigenvalue weighted by Gasteiger charge is 1.82. The van der Waals surface area contributed by atoms with Gasteiger partial charge in [0, 0.05) is 6.92 Å². The molecule has 0 rings (SSSR count). The summed E-state index contributed by atoms with van der Waals surface area (Å²) in [4.78, 5) is 19.3. The first-order valence-corrected chi connectivity index (χ1v) is 3.12. The summed E-state index contributed by atoms with van der Waals surface area (Å²) in [6.07, 6.45) is 0.757. The fourth-order valence-electron chi connectivity index (χ4n) is 0.221. The number of ether oxygens (including phenoxy) is 1. The van der Waals surface area contributed by atoms with E-state index < -0.39 is 6.09 Å². The summed E-state index contributed by atoms with van der Waals surface area (Å²) in [5.41, 5.74) is 4.54. The van der Waals surface area contributed by atoms with E-state index in [1.165, 1.54) is 13.1 Å². The van der Waals surface area contributed by atoms with Crippen molar-refractivity contribution in [1.82, 2.24) is 5.32 Å². The first-order chi connectivity index (χ1) is 5.54. The molecule has 0 radical (unpaired) electrons. The summed E-state index contributed by atoms with van der Waals surface area (Å²) in [5, 5.41) is 9.53. The van der Waals surface area contributed by atoms with Crippen molar-refractivity contribution in [3.8, 4) is 6.19 Å². The Balaban J connectivity index is 0. The van der Waals surface area contributed by atoms with Crippen LogP contribution in [0.3, 0.4) is 0 Å². The minimum absolute atomic E-state index is 0.322. The van der Waals surface area contributed by atoms with Gasteiger partial charge in [-0.3, -0.25) is 10.1 Å². The van der Waals surface area contributed by atoms with Gasteiger partial charge >= 0.3 is 6.09 Å². The van der Waals surface area contributed by atoms with Crippen molar-refractivity contribution in [3.63, 3.8) is 0 Å². The number of primary amides is 1. The molecule has 12 heavy (non-hydrogen) atoms. The highest BCUT2D eigenvalue weighted by Crippen LogP contribution is 1.66. The summed E-state index contributed by atoms with van der Waals surface area (Å²) in [6.45, 7) is 3.34. The van der Waals surface area contributed by atoms with Crippen molar-refractivity contribution in [2.24, 2.45) is 5.73 Å². The second-order valence-corrected chi connectivity index (χ2v) is 1.55.